The van der Waals surface area contributed by atoms with Crippen LogP contribution in [-0.4, -0.2) is 16.8 Å². The summed E-state index contributed by atoms with van der Waals surface area (Å²) in [4.78, 5) is 0. The van der Waals surface area contributed by atoms with Crippen LogP contribution in [0.5, 0.6) is 11.5 Å². The number of allylic oxidation sites excluding steroid dienone is 1. The van der Waals surface area contributed by atoms with Gasteiger partial charge in [0, 0.05) is 12.0 Å². The average Bonchev–Trinajstić information content (AvgIpc) is 2.67. The van der Waals surface area contributed by atoms with Crippen LogP contribution in [0.2, 0.25) is 0 Å². The van der Waals surface area contributed by atoms with Crippen molar-refractivity contribution in [1.82, 2.24) is 0 Å². The lowest BCUT2D eigenvalue weighted by molar-refractivity contribution is 0.0213. The van der Waals surface area contributed by atoms with Gasteiger partial charge in [0.15, 0.2) is 0 Å². The van der Waals surface area contributed by atoms with Gasteiger partial charge in [0.1, 0.15) is 23.7 Å². The zero-order chi connectivity index (χ0) is 20.3. The molecule has 0 aromatic heterocycles. The summed E-state index contributed by atoms with van der Waals surface area (Å²) in [5.41, 5.74) is 5.48. The summed E-state index contributed by atoms with van der Waals surface area (Å²) in [6.45, 7) is 10.9. The van der Waals surface area contributed by atoms with E-state index in [1.807, 2.05) is 37.3 Å². The van der Waals surface area contributed by atoms with E-state index in [1.54, 1.807) is 0 Å². The molecule has 0 saturated heterocycles. The molecule has 0 amide bonds. The second kappa shape index (κ2) is 8.40. The predicted molar refractivity (Wildman–Crippen MR) is 114 cm³/mol. The van der Waals surface area contributed by atoms with E-state index in [9.17, 15) is 5.11 Å². The van der Waals surface area contributed by atoms with Crippen molar-refractivity contribution in [2.45, 2.75) is 72.2 Å². The van der Waals surface area contributed by atoms with Crippen LogP contribution < -0.4 is 9.47 Å². The summed E-state index contributed by atoms with van der Waals surface area (Å²) in [5, 5.41) is 10.2. The molecule has 0 bridgehead atoms. The highest BCUT2D eigenvalue weighted by atomic mass is 16.5. The lowest BCUT2D eigenvalue weighted by Gasteiger charge is -2.39. The maximum Gasteiger partial charge on any atom is 0.127 e. The first-order valence-electron chi connectivity index (χ1n) is 10.1. The van der Waals surface area contributed by atoms with Gasteiger partial charge in [0.05, 0.1) is 6.10 Å². The van der Waals surface area contributed by atoms with Crippen molar-refractivity contribution in [2.24, 2.45) is 0 Å². The summed E-state index contributed by atoms with van der Waals surface area (Å²) in [7, 11) is 0. The quantitative estimate of drug-likeness (QED) is 0.663. The molecule has 0 spiro atoms. The number of aliphatic hydroxyl groups is 1. The molecule has 1 unspecified atom stereocenters. The van der Waals surface area contributed by atoms with E-state index in [4.69, 9.17) is 9.47 Å². The summed E-state index contributed by atoms with van der Waals surface area (Å²) in [5.74, 6) is 1.95. The first-order valence-corrected chi connectivity index (χ1v) is 10.1. The Kier molecular flexibility index (Phi) is 6.14. The first kappa shape index (κ1) is 20.5. The molecule has 0 aliphatic carbocycles. The van der Waals surface area contributed by atoms with Crippen molar-refractivity contribution in [3.05, 3.63) is 70.3 Å². The van der Waals surface area contributed by atoms with E-state index < -0.39 is 6.10 Å². The molecule has 3 heteroatoms. The molecule has 28 heavy (non-hydrogen) atoms. The zero-order valence-corrected chi connectivity index (χ0v) is 17.7. The van der Waals surface area contributed by atoms with Crippen molar-refractivity contribution in [3.63, 3.8) is 0 Å². The van der Waals surface area contributed by atoms with Crippen LogP contribution in [0.3, 0.4) is 0 Å². The molecule has 1 N–H and O–H groups in total. The third-order valence-electron chi connectivity index (χ3n) is 5.84. The minimum Gasteiger partial charge on any atom is -0.488 e. The Balaban J connectivity index is 1.86. The van der Waals surface area contributed by atoms with Crippen molar-refractivity contribution in [3.8, 4) is 11.5 Å². The van der Waals surface area contributed by atoms with Crippen LogP contribution in [0, 0.1) is 20.8 Å². The summed E-state index contributed by atoms with van der Waals surface area (Å²) < 4.78 is 12.7. The Hall–Kier alpha value is -2.26. The molecule has 0 saturated carbocycles. The standard InChI is InChI=1S/C25H32O3/c1-6-10-21(26)15-25(5)14-13-22-19(4)23(17(2)18(3)24(22)28-25)27-16-20-11-8-7-9-12-20/h6-12,21,26H,13-16H2,1-5H3/b10-6-/t21-,25?/m1/s1. The van der Waals surface area contributed by atoms with E-state index in [2.05, 4.69) is 39.8 Å². The normalized spacial score (nSPS) is 19.9. The fourth-order valence-electron chi connectivity index (χ4n) is 4.10. The van der Waals surface area contributed by atoms with Crippen LogP contribution in [0.15, 0.2) is 42.5 Å². The van der Waals surface area contributed by atoms with E-state index in [0.717, 1.165) is 35.5 Å². The van der Waals surface area contributed by atoms with Crippen LogP contribution >= 0.6 is 0 Å². The molecule has 0 radical (unpaired) electrons. The largest absolute Gasteiger partial charge is 0.488 e. The van der Waals surface area contributed by atoms with Gasteiger partial charge in [0.25, 0.3) is 0 Å². The maximum atomic E-state index is 10.2. The molecule has 2 aromatic rings. The fourth-order valence-corrected chi connectivity index (χ4v) is 4.10. The van der Waals surface area contributed by atoms with Gasteiger partial charge in [-0.25, -0.2) is 0 Å². The summed E-state index contributed by atoms with van der Waals surface area (Å²) >= 11 is 0. The van der Waals surface area contributed by atoms with Gasteiger partial charge in [0.2, 0.25) is 0 Å². The second-order valence-electron chi connectivity index (χ2n) is 8.14. The topological polar surface area (TPSA) is 38.7 Å². The number of benzene rings is 2. The van der Waals surface area contributed by atoms with Crippen molar-refractivity contribution in [2.75, 3.05) is 0 Å². The average molecular weight is 381 g/mol. The van der Waals surface area contributed by atoms with Crippen molar-refractivity contribution in [1.29, 1.82) is 0 Å². The Labute approximate surface area is 169 Å². The van der Waals surface area contributed by atoms with E-state index in [1.165, 1.54) is 16.7 Å². The molecule has 1 aliphatic heterocycles. The summed E-state index contributed by atoms with van der Waals surface area (Å²) in [6, 6.07) is 10.3. The predicted octanol–water partition coefficient (Wildman–Crippen LogP) is 5.60. The molecule has 3 rings (SSSR count). The number of hydrogen-bond acceptors (Lipinski definition) is 3. The lowest BCUT2D eigenvalue weighted by atomic mass is 9.84. The van der Waals surface area contributed by atoms with Crippen LogP contribution in [-0.2, 0) is 13.0 Å². The minimum atomic E-state index is -0.479. The van der Waals surface area contributed by atoms with Gasteiger partial charge in [-0.2, -0.15) is 0 Å². The fraction of sp³-hybridized carbons (Fsp3) is 0.440. The highest BCUT2D eigenvalue weighted by Crippen LogP contribution is 2.45. The van der Waals surface area contributed by atoms with Gasteiger partial charge >= 0.3 is 0 Å². The maximum absolute atomic E-state index is 10.2. The first-order chi connectivity index (χ1) is 13.3. The third-order valence-corrected chi connectivity index (χ3v) is 5.84. The Morgan fingerprint density at radius 2 is 1.86 bits per heavy atom. The van der Waals surface area contributed by atoms with E-state index >= 15 is 0 Å². The van der Waals surface area contributed by atoms with Gasteiger partial charge in [-0.15, -0.1) is 0 Å². The van der Waals surface area contributed by atoms with Crippen LogP contribution in [0.25, 0.3) is 0 Å². The van der Waals surface area contributed by atoms with E-state index in [-0.39, 0.29) is 5.60 Å². The lowest BCUT2D eigenvalue weighted by Crippen LogP contribution is -2.40. The number of rotatable bonds is 6. The zero-order valence-electron chi connectivity index (χ0n) is 17.7. The molecule has 1 aliphatic rings. The van der Waals surface area contributed by atoms with Crippen molar-refractivity contribution >= 4 is 0 Å². The smallest absolute Gasteiger partial charge is 0.127 e. The Morgan fingerprint density at radius 1 is 1.14 bits per heavy atom. The number of fused-ring (bicyclic) bond motifs is 1. The SMILES string of the molecule is C/C=C\[C@@H](O)CC1(C)CCc2c(C)c(OCc3ccccc3)c(C)c(C)c2O1. The van der Waals surface area contributed by atoms with Crippen molar-refractivity contribution < 1.29 is 14.6 Å². The van der Waals surface area contributed by atoms with Gasteiger partial charge in [-0.05, 0) is 69.7 Å². The van der Waals surface area contributed by atoms with Crippen LogP contribution in [0.4, 0.5) is 0 Å². The Bertz CT molecular complexity index is 854. The molecule has 2 atom stereocenters. The molecular formula is C25H32O3. The van der Waals surface area contributed by atoms with Gasteiger partial charge in [-0.1, -0.05) is 42.5 Å². The number of aliphatic hydroxyl groups excluding tert-OH is 1. The minimum absolute atomic E-state index is 0.359. The van der Waals surface area contributed by atoms with E-state index in [0.29, 0.717) is 13.0 Å². The van der Waals surface area contributed by atoms with Gasteiger partial charge < -0.3 is 14.6 Å². The molecule has 3 nitrogen and oxygen atoms in total. The highest BCUT2D eigenvalue weighted by molar-refractivity contribution is 5.59. The Morgan fingerprint density at radius 3 is 2.54 bits per heavy atom. The molecule has 0 fully saturated rings. The summed E-state index contributed by atoms with van der Waals surface area (Å²) in [6.07, 6.45) is 5.65. The second-order valence-corrected chi connectivity index (χ2v) is 8.14. The third kappa shape index (κ3) is 4.25. The molecule has 1 heterocycles. The molecule has 2 aromatic carbocycles. The number of hydrogen-bond donors (Lipinski definition) is 1. The van der Waals surface area contributed by atoms with Gasteiger partial charge in [-0.3, -0.25) is 0 Å². The number of ether oxygens (including phenoxy) is 2. The molecular weight excluding hydrogens is 348 g/mol. The highest BCUT2D eigenvalue weighted by Gasteiger charge is 2.36. The molecule has 150 valence electrons. The monoisotopic (exact) mass is 380 g/mol. The van der Waals surface area contributed by atoms with Crippen LogP contribution in [0.1, 0.15) is 54.5 Å².